The minimum absolute atomic E-state index is 0.421. The summed E-state index contributed by atoms with van der Waals surface area (Å²) in [6.45, 7) is 2.35. The molecular weight excluding hydrogens is 198 g/mol. The Morgan fingerprint density at radius 3 is 3.00 bits per heavy atom. The maximum atomic E-state index is 6.20. The number of aromatic nitrogens is 2. The molecule has 0 bridgehead atoms. The molecule has 3 atom stereocenters. The van der Waals surface area contributed by atoms with Gasteiger partial charge in [-0.25, -0.2) is 0 Å². The third kappa shape index (κ3) is 2.64. The van der Waals surface area contributed by atoms with E-state index in [0.717, 1.165) is 12.3 Å². The number of hydrogen-bond acceptors (Lipinski definition) is 2. The standard InChI is InChI=1S/C13H23N3/c1-10-3-6-13(14)11(9-10)4-5-12-7-8-15-16(12)2/h7-8,10-11,13H,3-6,9,14H2,1-2H3. The van der Waals surface area contributed by atoms with E-state index in [2.05, 4.69) is 18.1 Å². The lowest BCUT2D eigenvalue weighted by Crippen LogP contribution is -2.35. The fourth-order valence-corrected chi connectivity index (χ4v) is 2.83. The lowest BCUT2D eigenvalue weighted by Gasteiger charge is -2.32. The minimum Gasteiger partial charge on any atom is -0.327 e. The maximum absolute atomic E-state index is 6.20. The second-order valence-electron chi connectivity index (χ2n) is 5.33. The molecule has 0 aliphatic heterocycles. The first-order valence-electron chi connectivity index (χ1n) is 6.39. The fraction of sp³-hybridized carbons (Fsp3) is 0.769. The summed E-state index contributed by atoms with van der Waals surface area (Å²) in [4.78, 5) is 0. The van der Waals surface area contributed by atoms with Crippen LogP contribution >= 0.6 is 0 Å². The fourth-order valence-electron chi connectivity index (χ4n) is 2.83. The Morgan fingerprint density at radius 2 is 2.31 bits per heavy atom. The summed E-state index contributed by atoms with van der Waals surface area (Å²) in [5, 5.41) is 4.20. The van der Waals surface area contributed by atoms with Gasteiger partial charge in [-0.2, -0.15) is 5.10 Å². The van der Waals surface area contributed by atoms with Gasteiger partial charge in [-0.1, -0.05) is 6.92 Å². The maximum Gasteiger partial charge on any atom is 0.0492 e. The van der Waals surface area contributed by atoms with E-state index in [1.54, 1.807) is 0 Å². The van der Waals surface area contributed by atoms with Gasteiger partial charge < -0.3 is 5.73 Å². The van der Waals surface area contributed by atoms with Crippen molar-refractivity contribution in [1.29, 1.82) is 0 Å². The highest BCUT2D eigenvalue weighted by atomic mass is 15.2. The van der Waals surface area contributed by atoms with Crippen molar-refractivity contribution in [2.24, 2.45) is 24.6 Å². The number of rotatable bonds is 3. The molecule has 1 aromatic heterocycles. The molecule has 3 nitrogen and oxygen atoms in total. The number of nitrogens with zero attached hydrogens (tertiary/aromatic N) is 2. The highest BCUT2D eigenvalue weighted by Crippen LogP contribution is 2.30. The Morgan fingerprint density at radius 1 is 1.50 bits per heavy atom. The summed E-state index contributed by atoms with van der Waals surface area (Å²) in [5.74, 6) is 1.56. The summed E-state index contributed by atoms with van der Waals surface area (Å²) in [6, 6.07) is 2.53. The Kier molecular flexibility index (Phi) is 3.64. The molecule has 16 heavy (non-hydrogen) atoms. The van der Waals surface area contributed by atoms with Crippen LogP contribution in [0, 0.1) is 11.8 Å². The van der Waals surface area contributed by atoms with Crippen molar-refractivity contribution in [2.75, 3.05) is 0 Å². The van der Waals surface area contributed by atoms with Crippen LogP contribution in [0.3, 0.4) is 0 Å². The third-order valence-electron chi connectivity index (χ3n) is 4.00. The second kappa shape index (κ2) is 5.00. The van der Waals surface area contributed by atoms with Gasteiger partial charge in [0.1, 0.15) is 0 Å². The number of aryl methyl sites for hydroxylation is 2. The van der Waals surface area contributed by atoms with Crippen LogP contribution in [-0.2, 0) is 13.5 Å². The molecule has 0 amide bonds. The first-order valence-corrected chi connectivity index (χ1v) is 6.39. The Balaban J connectivity index is 1.87. The van der Waals surface area contributed by atoms with Crippen molar-refractivity contribution in [3.05, 3.63) is 18.0 Å². The highest BCUT2D eigenvalue weighted by Gasteiger charge is 2.25. The molecule has 0 radical (unpaired) electrons. The van der Waals surface area contributed by atoms with E-state index in [-0.39, 0.29) is 0 Å². The molecule has 1 aliphatic rings. The molecule has 90 valence electrons. The second-order valence-corrected chi connectivity index (χ2v) is 5.33. The van der Waals surface area contributed by atoms with Crippen molar-refractivity contribution >= 4 is 0 Å². The van der Waals surface area contributed by atoms with Crippen LogP contribution in [0.1, 0.15) is 38.3 Å². The molecule has 1 aromatic rings. The van der Waals surface area contributed by atoms with Crippen LogP contribution < -0.4 is 5.73 Å². The van der Waals surface area contributed by atoms with Crippen LogP contribution in [0.25, 0.3) is 0 Å². The Labute approximate surface area is 98.0 Å². The normalized spacial score (nSPS) is 30.6. The van der Waals surface area contributed by atoms with Gasteiger partial charge in [-0.3, -0.25) is 4.68 Å². The van der Waals surface area contributed by atoms with E-state index in [0.29, 0.717) is 12.0 Å². The molecule has 1 fully saturated rings. The van der Waals surface area contributed by atoms with E-state index in [4.69, 9.17) is 5.73 Å². The van der Waals surface area contributed by atoms with Crippen LogP contribution in [-0.4, -0.2) is 15.8 Å². The first kappa shape index (κ1) is 11.6. The summed E-state index contributed by atoms with van der Waals surface area (Å²) in [6.07, 6.45) is 8.02. The smallest absolute Gasteiger partial charge is 0.0492 e. The molecule has 1 aliphatic carbocycles. The monoisotopic (exact) mass is 221 g/mol. The zero-order chi connectivity index (χ0) is 11.5. The predicted octanol–water partition coefficient (Wildman–Crippen LogP) is 2.12. The molecule has 3 heteroatoms. The van der Waals surface area contributed by atoms with Crippen molar-refractivity contribution in [3.63, 3.8) is 0 Å². The van der Waals surface area contributed by atoms with Crippen LogP contribution in [0.4, 0.5) is 0 Å². The summed E-state index contributed by atoms with van der Waals surface area (Å²) in [7, 11) is 2.01. The van der Waals surface area contributed by atoms with Crippen LogP contribution in [0.5, 0.6) is 0 Å². The van der Waals surface area contributed by atoms with Gasteiger partial charge in [0.25, 0.3) is 0 Å². The summed E-state index contributed by atoms with van der Waals surface area (Å²) < 4.78 is 1.97. The third-order valence-corrected chi connectivity index (χ3v) is 4.00. The Hall–Kier alpha value is -0.830. The predicted molar refractivity (Wildman–Crippen MR) is 66.0 cm³/mol. The molecule has 0 saturated heterocycles. The molecule has 0 spiro atoms. The van der Waals surface area contributed by atoms with Crippen LogP contribution in [0.2, 0.25) is 0 Å². The Bertz CT molecular complexity index is 332. The van der Waals surface area contributed by atoms with Crippen LogP contribution in [0.15, 0.2) is 12.3 Å². The SMILES string of the molecule is CC1CCC(N)C(CCc2ccnn2C)C1. The quantitative estimate of drug-likeness (QED) is 0.849. The minimum atomic E-state index is 0.421. The zero-order valence-corrected chi connectivity index (χ0v) is 10.4. The van der Waals surface area contributed by atoms with Crippen molar-refractivity contribution < 1.29 is 0 Å². The van der Waals surface area contributed by atoms with Crippen molar-refractivity contribution in [2.45, 2.75) is 45.1 Å². The molecule has 1 heterocycles. The van der Waals surface area contributed by atoms with Gasteiger partial charge in [0.15, 0.2) is 0 Å². The lowest BCUT2D eigenvalue weighted by atomic mass is 9.77. The van der Waals surface area contributed by atoms with Gasteiger partial charge in [-0.05, 0) is 50.0 Å². The van der Waals surface area contributed by atoms with E-state index in [1.807, 2.05) is 17.9 Å². The molecule has 0 aromatic carbocycles. The molecule has 3 unspecified atom stereocenters. The van der Waals surface area contributed by atoms with Gasteiger partial charge >= 0.3 is 0 Å². The van der Waals surface area contributed by atoms with E-state index in [1.165, 1.54) is 31.4 Å². The van der Waals surface area contributed by atoms with E-state index < -0.39 is 0 Å². The van der Waals surface area contributed by atoms with Crippen molar-refractivity contribution in [1.82, 2.24) is 9.78 Å². The first-order chi connectivity index (χ1) is 7.66. The highest BCUT2D eigenvalue weighted by molar-refractivity contribution is 5.00. The average molecular weight is 221 g/mol. The summed E-state index contributed by atoms with van der Waals surface area (Å²) in [5.41, 5.74) is 7.52. The van der Waals surface area contributed by atoms with Crippen molar-refractivity contribution in [3.8, 4) is 0 Å². The number of nitrogens with two attached hydrogens (primary N) is 1. The topological polar surface area (TPSA) is 43.8 Å². The largest absolute Gasteiger partial charge is 0.327 e. The number of hydrogen-bond donors (Lipinski definition) is 1. The van der Waals surface area contributed by atoms with Gasteiger partial charge in [0.2, 0.25) is 0 Å². The molecule has 2 rings (SSSR count). The lowest BCUT2D eigenvalue weighted by molar-refractivity contribution is 0.233. The van der Waals surface area contributed by atoms with E-state index in [9.17, 15) is 0 Å². The van der Waals surface area contributed by atoms with E-state index >= 15 is 0 Å². The molecule has 2 N–H and O–H groups in total. The molecular formula is C13H23N3. The summed E-state index contributed by atoms with van der Waals surface area (Å²) >= 11 is 0. The van der Waals surface area contributed by atoms with Gasteiger partial charge in [0, 0.05) is 25.0 Å². The van der Waals surface area contributed by atoms with Gasteiger partial charge in [-0.15, -0.1) is 0 Å². The molecule has 1 saturated carbocycles. The zero-order valence-electron chi connectivity index (χ0n) is 10.4. The average Bonchev–Trinajstić information content (AvgIpc) is 2.66. The van der Waals surface area contributed by atoms with Gasteiger partial charge in [0.05, 0.1) is 0 Å².